The van der Waals surface area contributed by atoms with E-state index in [1.54, 1.807) is 0 Å². The van der Waals surface area contributed by atoms with Crippen molar-refractivity contribution in [1.82, 2.24) is 4.90 Å². The van der Waals surface area contributed by atoms with Gasteiger partial charge in [-0.25, -0.2) is 0 Å². The predicted molar refractivity (Wildman–Crippen MR) is 43.8 cm³/mol. The Kier molecular flexibility index (Phi) is 5.64. The molecular weight excluding hydrogens is 126 g/mol. The highest BCUT2D eigenvalue weighted by Crippen LogP contribution is 1.97. The smallest absolute Gasteiger partial charge is 0.104 e. The SMILES string of the molecule is CCCCN(CC)C(C)O. The molecule has 62 valence electrons. The Labute approximate surface area is 63.8 Å². The Morgan fingerprint density at radius 3 is 2.30 bits per heavy atom. The Balaban J connectivity index is 3.40. The number of hydrogen-bond donors (Lipinski definition) is 1. The average Bonchev–Trinajstić information content (AvgIpc) is 1.89. The topological polar surface area (TPSA) is 23.5 Å². The van der Waals surface area contributed by atoms with Crippen molar-refractivity contribution in [3.63, 3.8) is 0 Å². The standard InChI is InChI=1S/C8H19NO/c1-4-6-7-9(5-2)8(3)10/h8,10H,4-7H2,1-3H3. The first kappa shape index (κ1) is 9.92. The van der Waals surface area contributed by atoms with Crippen molar-refractivity contribution >= 4 is 0 Å². The Morgan fingerprint density at radius 2 is 2.00 bits per heavy atom. The van der Waals surface area contributed by atoms with Crippen molar-refractivity contribution in [2.75, 3.05) is 13.1 Å². The Morgan fingerprint density at radius 1 is 1.40 bits per heavy atom. The van der Waals surface area contributed by atoms with Crippen LogP contribution in [0.15, 0.2) is 0 Å². The third-order valence-corrected chi connectivity index (χ3v) is 1.73. The minimum atomic E-state index is -0.281. The van der Waals surface area contributed by atoms with Crippen LogP contribution in [0.5, 0.6) is 0 Å². The van der Waals surface area contributed by atoms with Crippen molar-refractivity contribution in [1.29, 1.82) is 0 Å². The lowest BCUT2D eigenvalue weighted by Crippen LogP contribution is -2.33. The van der Waals surface area contributed by atoms with Crippen LogP contribution in [0.2, 0.25) is 0 Å². The molecule has 0 aliphatic heterocycles. The fourth-order valence-electron chi connectivity index (χ4n) is 0.970. The van der Waals surface area contributed by atoms with E-state index in [9.17, 15) is 0 Å². The summed E-state index contributed by atoms with van der Waals surface area (Å²) < 4.78 is 0. The molecule has 0 saturated heterocycles. The third-order valence-electron chi connectivity index (χ3n) is 1.73. The molecule has 0 aromatic rings. The first-order valence-electron chi connectivity index (χ1n) is 4.14. The van der Waals surface area contributed by atoms with E-state index in [-0.39, 0.29) is 6.23 Å². The highest BCUT2D eigenvalue weighted by molar-refractivity contribution is 4.54. The second kappa shape index (κ2) is 5.69. The zero-order valence-corrected chi connectivity index (χ0v) is 7.30. The second-order valence-corrected chi connectivity index (χ2v) is 2.61. The van der Waals surface area contributed by atoms with E-state index in [1.807, 2.05) is 6.92 Å². The second-order valence-electron chi connectivity index (χ2n) is 2.61. The lowest BCUT2D eigenvalue weighted by atomic mass is 10.3. The van der Waals surface area contributed by atoms with Crippen molar-refractivity contribution < 1.29 is 5.11 Å². The Bertz CT molecular complexity index is 73.7. The predicted octanol–water partition coefficient (Wildman–Crippen LogP) is 1.45. The minimum absolute atomic E-state index is 0.281. The molecule has 1 N–H and O–H groups in total. The summed E-state index contributed by atoms with van der Waals surface area (Å²) in [7, 11) is 0. The molecule has 0 spiro atoms. The van der Waals surface area contributed by atoms with E-state index >= 15 is 0 Å². The van der Waals surface area contributed by atoms with Gasteiger partial charge in [-0.3, -0.25) is 4.90 Å². The zero-order valence-electron chi connectivity index (χ0n) is 7.30. The van der Waals surface area contributed by atoms with Gasteiger partial charge in [-0.1, -0.05) is 20.3 Å². The molecule has 0 aromatic carbocycles. The molecule has 0 aliphatic carbocycles. The largest absolute Gasteiger partial charge is 0.379 e. The van der Waals surface area contributed by atoms with Gasteiger partial charge in [0.15, 0.2) is 0 Å². The first-order valence-corrected chi connectivity index (χ1v) is 4.14. The fourth-order valence-corrected chi connectivity index (χ4v) is 0.970. The molecule has 0 bridgehead atoms. The fraction of sp³-hybridized carbons (Fsp3) is 1.00. The summed E-state index contributed by atoms with van der Waals surface area (Å²) in [5, 5.41) is 9.16. The van der Waals surface area contributed by atoms with Crippen LogP contribution >= 0.6 is 0 Å². The van der Waals surface area contributed by atoms with E-state index < -0.39 is 0 Å². The van der Waals surface area contributed by atoms with Crippen LogP contribution in [0.3, 0.4) is 0 Å². The van der Waals surface area contributed by atoms with E-state index in [0.29, 0.717) is 0 Å². The van der Waals surface area contributed by atoms with E-state index in [0.717, 1.165) is 13.1 Å². The van der Waals surface area contributed by atoms with Crippen LogP contribution in [0.25, 0.3) is 0 Å². The summed E-state index contributed by atoms with van der Waals surface area (Å²) in [5.74, 6) is 0. The van der Waals surface area contributed by atoms with Gasteiger partial charge in [-0.2, -0.15) is 0 Å². The molecule has 0 aromatic heterocycles. The van der Waals surface area contributed by atoms with Gasteiger partial charge in [0.05, 0.1) is 0 Å². The maximum atomic E-state index is 9.16. The summed E-state index contributed by atoms with van der Waals surface area (Å²) in [6.45, 7) is 8.01. The molecule has 0 saturated carbocycles. The molecule has 0 radical (unpaired) electrons. The molecular formula is C8H19NO. The quantitative estimate of drug-likeness (QED) is 0.592. The van der Waals surface area contributed by atoms with Crippen LogP contribution in [0, 0.1) is 0 Å². The summed E-state index contributed by atoms with van der Waals surface area (Å²) in [4.78, 5) is 2.06. The molecule has 0 rings (SSSR count). The highest BCUT2D eigenvalue weighted by atomic mass is 16.3. The van der Waals surface area contributed by atoms with Gasteiger partial charge in [0.1, 0.15) is 6.23 Å². The van der Waals surface area contributed by atoms with Gasteiger partial charge < -0.3 is 5.11 Å². The van der Waals surface area contributed by atoms with Crippen LogP contribution in [-0.2, 0) is 0 Å². The average molecular weight is 145 g/mol. The summed E-state index contributed by atoms with van der Waals surface area (Å²) in [5.41, 5.74) is 0. The van der Waals surface area contributed by atoms with Crippen LogP contribution in [0.4, 0.5) is 0 Å². The van der Waals surface area contributed by atoms with Gasteiger partial charge in [-0.05, 0) is 19.9 Å². The summed E-state index contributed by atoms with van der Waals surface area (Å²) in [6, 6.07) is 0. The first-order chi connectivity index (χ1) is 4.72. The van der Waals surface area contributed by atoms with Crippen LogP contribution in [-0.4, -0.2) is 29.3 Å². The van der Waals surface area contributed by atoms with Crippen molar-refractivity contribution in [3.8, 4) is 0 Å². The lowest BCUT2D eigenvalue weighted by Gasteiger charge is -2.22. The molecule has 10 heavy (non-hydrogen) atoms. The molecule has 0 fully saturated rings. The zero-order chi connectivity index (χ0) is 7.98. The van der Waals surface area contributed by atoms with Gasteiger partial charge in [-0.15, -0.1) is 0 Å². The molecule has 0 heterocycles. The van der Waals surface area contributed by atoms with Crippen molar-refractivity contribution in [3.05, 3.63) is 0 Å². The molecule has 1 atom stereocenters. The Hall–Kier alpha value is -0.0800. The van der Waals surface area contributed by atoms with Gasteiger partial charge in [0.2, 0.25) is 0 Å². The van der Waals surface area contributed by atoms with Crippen molar-refractivity contribution in [2.45, 2.75) is 39.8 Å². The lowest BCUT2D eigenvalue weighted by molar-refractivity contribution is 0.0217. The molecule has 0 aliphatic rings. The number of nitrogens with zero attached hydrogens (tertiary/aromatic N) is 1. The van der Waals surface area contributed by atoms with Gasteiger partial charge >= 0.3 is 0 Å². The van der Waals surface area contributed by atoms with Gasteiger partial charge in [0, 0.05) is 6.54 Å². The highest BCUT2D eigenvalue weighted by Gasteiger charge is 2.05. The molecule has 0 amide bonds. The number of unbranched alkanes of at least 4 members (excludes halogenated alkanes) is 1. The number of rotatable bonds is 5. The summed E-state index contributed by atoms with van der Waals surface area (Å²) >= 11 is 0. The number of aliphatic hydroxyl groups is 1. The number of hydrogen-bond acceptors (Lipinski definition) is 2. The van der Waals surface area contributed by atoms with E-state index in [4.69, 9.17) is 5.11 Å². The van der Waals surface area contributed by atoms with Crippen molar-refractivity contribution in [2.24, 2.45) is 0 Å². The third kappa shape index (κ3) is 3.85. The number of aliphatic hydroxyl groups excluding tert-OH is 1. The maximum absolute atomic E-state index is 9.16. The molecule has 1 unspecified atom stereocenters. The van der Waals surface area contributed by atoms with Crippen LogP contribution in [0.1, 0.15) is 33.6 Å². The molecule has 2 heteroatoms. The van der Waals surface area contributed by atoms with Gasteiger partial charge in [0.25, 0.3) is 0 Å². The molecule has 2 nitrogen and oxygen atoms in total. The van der Waals surface area contributed by atoms with Crippen LogP contribution < -0.4 is 0 Å². The normalized spacial score (nSPS) is 14.1. The minimum Gasteiger partial charge on any atom is -0.379 e. The summed E-state index contributed by atoms with van der Waals surface area (Å²) in [6.07, 6.45) is 2.10. The maximum Gasteiger partial charge on any atom is 0.104 e. The monoisotopic (exact) mass is 145 g/mol. The van der Waals surface area contributed by atoms with E-state index in [2.05, 4.69) is 18.7 Å². The van der Waals surface area contributed by atoms with E-state index in [1.165, 1.54) is 12.8 Å².